The molecule has 0 aromatic heterocycles. The zero-order chi connectivity index (χ0) is 21.4. The maximum atomic E-state index is 12.2. The number of rotatable bonds is 10. The minimum absolute atomic E-state index is 0. The summed E-state index contributed by atoms with van der Waals surface area (Å²) in [6.45, 7) is 5.29. The predicted molar refractivity (Wildman–Crippen MR) is 137 cm³/mol. The number of hydrogen-bond acceptors (Lipinski definition) is 5. The second-order valence-corrected chi connectivity index (χ2v) is 9.90. The predicted octanol–water partition coefficient (Wildman–Crippen LogP) is 2.17. The lowest BCUT2D eigenvalue weighted by atomic mass is 9.86. The minimum atomic E-state index is -3.28. The Morgan fingerprint density at radius 3 is 2.71 bits per heavy atom. The van der Waals surface area contributed by atoms with Gasteiger partial charge in [0.25, 0.3) is 0 Å². The molecule has 31 heavy (non-hydrogen) atoms. The van der Waals surface area contributed by atoms with Gasteiger partial charge in [0.05, 0.1) is 25.1 Å². The Labute approximate surface area is 203 Å². The van der Waals surface area contributed by atoms with Crippen LogP contribution < -0.4 is 25.0 Å². The standard InChI is InChI=1S/C21H35N5O3S.HI/c1-3-22-21(23-12-14-30(27,28)24-15-17-7-6-8-17)25-18-11-13-26(16-18)19-9-4-5-10-20(19)29-2;/h4-5,9-10,17-18,24H,3,6-8,11-16H2,1-2H3,(H2,22,23,25);1H. The molecule has 0 spiro atoms. The Hall–Kier alpha value is -1.27. The minimum Gasteiger partial charge on any atom is -0.495 e. The molecule has 0 radical (unpaired) electrons. The van der Waals surface area contributed by atoms with E-state index in [4.69, 9.17) is 4.74 Å². The third-order valence-corrected chi connectivity index (χ3v) is 7.07. The van der Waals surface area contributed by atoms with Crippen molar-refractivity contribution in [2.75, 3.05) is 50.5 Å². The van der Waals surface area contributed by atoms with Gasteiger partial charge in [-0.1, -0.05) is 18.6 Å². The fourth-order valence-corrected chi connectivity index (χ4v) is 4.76. The number of nitrogens with zero attached hydrogens (tertiary/aromatic N) is 2. The normalized spacial score (nSPS) is 19.5. The van der Waals surface area contributed by atoms with Gasteiger partial charge in [-0.15, -0.1) is 24.0 Å². The van der Waals surface area contributed by atoms with Crippen LogP contribution in [0.25, 0.3) is 0 Å². The highest BCUT2D eigenvalue weighted by Gasteiger charge is 2.25. The molecule has 1 aromatic rings. The molecule has 10 heteroatoms. The SMILES string of the molecule is CCNC(=NCCS(=O)(=O)NCC1CCC1)NC1CCN(c2ccccc2OC)C1.I. The van der Waals surface area contributed by atoms with E-state index in [0.29, 0.717) is 18.4 Å². The fourth-order valence-electron chi connectivity index (χ4n) is 3.79. The van der Waals surface area contributed by atoms with Gasteiger partial charge in [0.1, 0.15) is 5.75 Å². The van der Waals surface area contributed by atoms with Crippen molar-refractivity contribution in [3.8, 4) is 5.75 Å². The molecule has 1 saturated carbocycles. The van der Waals surface area contributed by atoms with E-state index in [1.165, 1.54) is 6.42 Å². The number of ether oxygens (including phenoxy) is 1. The van der Waals surface area contributed by atoms with Crippen molar-refractivity contribution in [2.24, 2.45) is 10.9 Å². The van der Waals surface area contributed by atoms with E-state index in [9.17, 15) is 8.42 Å². The number of methoxy groups -OCH3 is 1. The average molecular weight is 566 g/mol. The highest BCUT2D eigenvalue weighted by atomic mass is 127. The molecule has 3 N–H and O–H groups in total. The Kier molecular flexibility index (Phi) is 10.6. The summed E-state index contributed by atoms with van der Waals surface area (Å²) in [4.78, 5) is 6.79. The molecule has 1 atom stereocenters. The molecular formula is C21H36IN5O3S. The van der Waals surface area contributed by atoms with Crippen molar-refractivity contribution in [1.82, 2.24) is 15.4 Å². The van der Waals surface area contributed by atoms with Crippen LogP contribution in [0.15, 0.2) is 29.3 Å². The second-order valence-electron chi connectivity index (χ2n) is 7.97. The van der Waals surface area contributed by atoms with Crippen molar-refractivity contribution in [2.45, 2.75) is 38.6 Å². The summed E-state index contributed by atoms with van der Waals surface area (Å²) >= 11 is 0. The number of guanidine groups is 1. The van der Waals surface area contributed by atoms with Crippen LogP contribution in [0.3, 0.4) is 0 Å². The Bertz CT molecular complexity index is 817. The zero-order valence-corrected chi connectivity index (χ0v) is 21.6. The highest BCUT2D eigenvalue weighted by molar-refractivity contribution is 14.0. The molecular weight excluding hydrogens is 529 g/mol. The van der Waals surface area contributed by atoms with Gasteiger partial charge in [0.15, 0.2) is 5.96 Å². The number of nitrogens with one attached hydrogen (secondary N) is 3. The monoisotopic (exact) mass is 565 g/mol. The molecule has 1 unspecified atom stereocenters. The van der Waals surface area contributed by atoms with E-state index in [1.807, 2.05) is 25.1 Å². The maximum Gasteiger partial charge on any atom is 0.213 e. The van der Waals surface area contributed by atoms with E-state index >= 15 is 0 Å². The number of para-hydroxylation sites is 2. The van der Waals surface area contributed by atoms with Crippen molar-refractivity contribution >= 4 is 45.6 Å². The number of hydrogen-bond donors (Lipinski definition) is 3. The van der Waals surface area contributed by atoms with Crippen LogP contribution >= 0.6 is 24.0 Å². The Morgan fingerprint density at radius 2 is 2.03 bits per heavy atom. The number of anilines is 1. The average Bonchev–Trinajstić information content (AvgIpc) is 3.15. The number of benzene rings is 1. The topological polar surface area (TPSA) is 95.1 Å². The van der Waals surface area contributed by atoms with E-state index in [0.717, 1.165) is 50.3 Å². The van der Waals surface area contributed by atoms with Gasteiger partial charge in [0.2, 0.25) is 10.0 Å². The summed E-state index contributed by atoms with van der Waals surface area (Å²) in [6, 6.07) is 8.27. The Balaban J connectivity index is 0.00000341. The lowest BCUT2D eigenvalue weighted by molar-refractivity contribution is 0.316. The van der Waals surface area contributed by atoms with Crippen LogP contribution in [-0.2, 0) is 10.0 Å². The van der Waals surface area contributed by atoms with Gasteiger partial charge in [0, 0.05) is 32.2 Å². The third kappa shape index (κ3) is 7.98. The van der Waals surface area contributed by atoms with Crippen molar-refractivity contribution in [1.29, 1.82) is 0 Å². The first-order valence-corrected chi connectivity index (χ1v) is 12.6. The first-order valence-electron chi connectivity index (χ1n) is 10.9. The van der Waals surface area contributed by atoms with Gasteiger partial charge in [-0.2, -0.15) is 0 Å². The summed E-state index contributed by atoms with van der Waals surface area (Å²) in [7, 11) is -1.59. The zero-order valence-electron chi connectivity index (χ0n) is 18.5. The van der Waals surface area contributed by atoms with Gasteiger partial charge in [-0.3, -0.25) is 4.99 Å². The number of aliphatic imine (C=N–C) groups is 1. The van der Waals surface area contributed by atoms with Crippen LogP contribution in [0.2, 0.25) is 0 Å². The van der Waals surface area contributed by atoms with Crippen LogP contribution in [0.5, 0.6) is 5.75 Å². The molecule has 176 valence electrons. The number of sulfonamides is 1. The molecule has 2 fully saturated rings. The maximum absolute atomic E-state index is 12.2. The molecule has 8 nitrogen and oxygen atoms in total. The van der Waals surface area contributed by atoms with E-state index in [1.54, 1.807) is 7.11 Å². The number of halogens is 1. The first-order chi connectivity index (χ1) is 14.5. The van der Waals surface area contributed by atoms with Crippen LogP contribution in [-0.4, -0.2) is 66.0 Å². The largest absolute Gasteiger partial charge is 0.495 e. The van der Waals surface area contributed by atoms with Crippen molar-refractivity contribution in [3.63, 3.8) is 0 Å². The van der Waals surface area contributed by atoms with Crippen molar-refractivity contribution < 1.29 is 13.2 Å². The summed E-state index contributed by atoms with van der Waals surface area (Å²) in [5, 5.41) is 6.67. The van der Waals surface area contributed by atoms with Gasteiger partial charge in [-0.25, -0.2) is 13.1 Å². The molecule has 1 aliphatic heterocycles. The Morgan fingerprint density at radius 1 is 1.26 bits per heavy atom. The van der Waals surface area contributed by atoms with E-state index in [-0.39, 0.29) is 42.3 Å². The molecule has 1 saturated heterocycles. The molecule has 1 heterocycles. The van der Waals surface area contributed by atoms with Gasteiger partial charge >= 0.3 is 0 Å². The van der Waals surface area contributed by atoms with Crippen LogP contribution in [0, 0.1) is 5.92 Å². The van der Waals surface area contributed by atoms with Crippen LogP contribution in [0.4, 0.5) is 5.69 Å². The fraction of sp³-hybridized carbons (Fsp3) is 0.667. The molecule has 0 amide bonds. The smallest absolute Gasteiger partial charge is 0.213 e. The van der Waals surface area contributed by atoms with Crippen LogP contribution in [0.1, 0.15) is 32.6 Å². The van der Waals surface area contributed by atoms with E-state index < -0.39 is 10.0 Å². The first kappa shape index (κ1) is 26.0. The summed E-state index contributed by atoms with van der Waals surface area (Å²) in [5.74, 6) is 2.06. The third-order valence-electron chi connectivity index (χ3n) is 5.75. The lowest BCUT2D eigenvalue weighted by Crippen LogP contribution is -2.45. The second kappa shape index (κ2) is 12.7. The van der Waals surface area contributed by atoms with Gasteiger partial charge < -0.3 is 20.3 Å². The van der Waals surface area contributed by atoms with E-state index in [2.05, 4.69) is 31.3 Å². The molecule has 0 bridgehead atoms. The summed E-state index contributed by atoms with van der Waals surface area (Å²) in [6.07, 6.45) is 4.44. The molecule has 3 rings (SSSR count). The molecule has 1 aromatic carbocycles. The molecule has 1 aliphatic carbocycles. The highest BCUT2D eigenvalue weighted by Crippen LogP contribution is 2.30. The summed E-state index contributed by atoms with van der Waals surface area (Å²) in [5.41, 5.74) is 1.09. The molecule has 2 aliphatic rings. The quantitative estimate of drug-likeness (QED) is 0.229. The summed E-state index contributed by atoms with van der Waals surface area (Å²) < 4.78 is 32.6. The lowest BCUT2D eigenvalue weighted by Gasteiger charge is -2.25. The van der Waals surface area contributed by atoms with Gasteiger partial charge in [-0.05, 0) is 44.2 Å². The van der Waals surface area contributed by atoms with Crippen molar-refractivity contribution in [3.05, 3.63) is 24.3 Å².